The number of benzene rings is 1. The van der Waals surface area contributed by atoms with Gasteiger partial charge in [0.25, 0.3) is 0 Å². The Morgan fingerprint density at radius 3 is 2.75 bits per heavy atom. The summed E-state index contributed by atoms with van der Waals surface area (Å²) >= 11 is 3.32. The fourth-order valence-electron chi connectivity index (χ4n) is 1.50. The number of hydrogen-bond acceptors (Lipinski definition) is 5. The molecule has 0 saturated heterocycles. The lowest BCUT2D eigenvalue weighted by Gasteiger charge is -2.14. The second kappa shape index (κ2) is 9.07. The number of methoxy groups -OCH3 is 1. The number of carbonyl (C=O) groups excluding carboxylic acids is 1. The number of halogens is 1. The summed E-state index contributed by atoms with van der Waals surface area (Å²) in [5.74, 6) is 0.362. The first-order valence-corrected chi connectivity index (χ1v) is 7.02. The summed E-state index contributed by atoms with van der Waals surface area (Å²) in [6.45, 7) is 2.59. The maximum Gasteiger partial charge on any atom is 0.163 e. The van der Waals surface area contributed by atoms with Crippen molar-refractivity contribution in [1.82, 2.24) is 0 Å². The third kappa shape index (κ3) is 6.00. The van der Waals surface area contributed by atoms with Crippen LogP contribution in [0, 0.1) is 0 Å². The highest BCUT2D eigenvalue weighted by atomic mass is 79.9. The summed E-state index contributed by atoms with van der Waals surface area (Å²) in [4.78, 5) is 11.5. The van der Waals surface area contributed by atoms with Crippen LogP contribution in [-0.4, -0.2) is 50.5 Å². The monoisotopic (exact) mass is 346 g/mol. The van der Waals surface area contributed by atoms with Gasteiger partial charge < -0.3 is 19.3 Å². The van der Waals surface area contributed by atoms with E-state index in [9.17, 15) is 9.90 Å². The van der Waals surface area contributed by atoms with Crippen LogP contribution in [0.4, 0.5) is 0 Å². The first kappa shape index (κ1) is 17.1. The number of aliphatic hydroxyl groups excluding tert-OH is 1. The van der Waals surface area contributed by atoms with E-state index in [0.717, 1.165) is 4.47 Å². The Hall–Kier alpha value is -0.950. The average molecular weight is 347 g/mol. The summed E-state index contributed by atoms with van der Waals surface area (Å²) in [6, 6.07) is 5.16. The molecule has 0 bridgehead atoms. The average Bonchev–Trinajstić information content (AvgIpc) is 2.41. The van der Waals surface area contributed by atoms with E-state index >= 15 is 0 Å². The van der Waals surface area contributed by atoms with Crippen LogP contribution in [0.3, 0.4) is 0 Å². The van der Waals surface area contributed by atoms with E-state index in [0.29, 0.717) is 24.5 Å². The molecule has 0 spiro atoms. The SMILES string of the molecule is COCCOCC(O)COc1cc(Br)ccc1C(C)=O. The van der Waals surface area contributed by atoms with Gasteiger partial charge in [0.2, 0.25) is 0 Å². The van der Waals surface area contributed by atoms with Gasteiger partial charge in [-0.3, -0.25) is 4.79 Å². The molecule has 0 saturated carbocycles. The van der Waals surface area contributed by atoms with Crippen LogP contribution in [0.25, 0.3) is 0 Å². The molecule has 0 aliphatic carbocycles. The molecule has 1 aromatic rings. The number of ether oxygens (including phenoxy) is 3. The summed E-state index contributed by atoms with van der Waals surface area (Å²) in [5.41, 5.74) is 0.487. The third-order valence-corrected chi connectivity index (χ3v) is 2.99. The molecule has 1 aromatic carbocycles. The number of aliphatic hydroxyl groups is 1. The van der Waals surface area contributed by atoms with Crippen molar-refractivity contribution >= 4 is 21.7 Å². The highest BCUT2D eigenvalue weighted by Crippen LogP contribution is 2.24. The zero-order valence-corrected chi connectivity index (χ0v) is 13.2. The van der Waals surface area contributed by atoms with E-state index in [1.54, 1.807) is 25.3 Å². The van der Waals surface area contributed by atoms with Gasteiger partial charge in [-0.25, -0.2) is 0 Å². The second-order valence-corrected chi connectivity index (χ2v) is 5.14. The molecule has 5 nitrogen and oxygen atoms in total. The number of rotatable bonds is 9. The van der Waals surface area contributed by atoms with Crippen molar-refractivity contribution in [3.05, 3.63) is 28.2 Å². The number of hydrogen-bond donors (Lipinski definition) is 1. The summed E-state index contributed by atoms with van der Waals surface area (Å²) in [7, 11) is 1.58. The smallest absolute Gasteiger partial charge is 0.163 e. The molecule has 20 heavy (non-hydrogen) atoms. The Bertz CT molecular complexity index is 436. The predicted octanol–water partition coefficient (Wildman–Crippen LogP) is 2.05. The summed E-state index contributed by atoms with van der Waals surface area (Å²) in [5, 5.41) is 9.72. The van der Waals surface area contributed by atoms with Gasteiger partial charge >= 0.3 is 0 Å². The van der Waals surface area contributed by atoms with E-state index in [-0.39, 0.29) is 19.0 Å². The Morgan fingerprint density at radius 2 is 2.10 bits per heavy atom. The van der Waals surface area contributed by atoms with E-state index in [4.69, 9.17) is 14.2 Å². The summed E-state index contributed by atoms with van der Waals surface area (Å²) in [6.07, 6.45) is -0.759. The standard InChI is InChI=1S/C14H19BrO5/c1-10(16)13-4-3-11(15)7-14(13)20-9-12(17)8-19-6-5-18-2/h3-4,7,12,17H,5-6,8-9H2,1-2H3. The van der Waals surface area contributed by atoms with Gasteiger partial charge in [-0.05, 0) is 25.1 Å². The molecule has 0 aromatic heterocycles. The first-order valence-electron chi connectivity index (χ1n) is 6.22. The number of Topliss-reactive ketones (excluding diaryl/α,β-unsaturated/α-hetero) is 1. The maximum absolute atomic E-state index is 11.5. The minimum absolute atomic E-state index is 0.0592. The number of carbonyl (C=O) groups is 1. The van der Waals surface area contributed by atoms with Crippen molar-refractivity contribution in [3.63, 3.8) is 0 Å². The van der Waals surface area contributed by atoms with Crippen LogP contribution in [0.2, 0.25) is 0 Å². The van der Waals surface area contributed by atoms with Crippen LogP contribution >= 0.6 is 15.9 Å². The normalized spacial score (nSPS) is 12.2. The second-order valence-electron chi connectivity index (χ2n) is 4.23. The molecule has 0 fully saturated rings. The quantitative estimate of drug-likeness (QED) is 0.547. The molecule has 0 heterocycles. The lowest BCUT2D eigenvalue weighted by atomic mass is 10.1. The van der Waals surface area contributed by atoms with Gasteiger partial charge in [-0.1, -0.05) is 15.9 Å². The summed E-state index contributed by atoms with van der Waals surface area (Å²) < 4.78 is 16.3. The number of ketones is 1. The van der Waals surface area contributed by atoms with Crippen molar-refractivity contribution in [2.45, 2.75) is 13.0 Å². The van der Waals surface area contributed by atoms with Crippen LogP contribution in [0.5, 0.6) is 5.75 Å². The van der Waals surface area contributed by atoms with Crippen LogP contribution in [-0.2, 0) is 9.47 Å². The fourth-order valence-corrected chi connectivity index (χ4v) is 1.84. The minimum atomic E-state index is -0.759. The molecule has 1 unspecified atom stereocenters. The zero-order chi connectivity index (χ0) is 15.0. The molecule has 1 N–H and O–H groups in total. The molecule has 0 aliphatic heterocycles. The van der Waals surface area contributed by atoms with E-state index < -0.39 is 6.10 Å². The molecule has 0 aliphatic rings. The molecule has 0 amide bonds. The molecule has 6 heteroatoms. The van der Waals surface area contributed by atoms with Crippen LogP contribution in [0.15, 0.2) is 22.7 Å². The lowest BCUT2D eigenvalue weighted by molar-refractivity contribution is -0.00429. The van der Waals surface area contributed by atoms with Crippen molar-refractivity contribution < 1.29 is 24.1 Å². The van der Waals surface area contributed by atoms with Crippen molar-refractivity contribution in [3.8, 4) is 5.75 Å². The Kier molecular flexibility index (Phi) is 7.76. The van der Waals surface area contributed by atoms with E-state index in [1.165, 1.54) is 6.92 Å². The Balaban J connectivity index is 2.48. The highest BCUT2D eigenvalue weighted by molar-refractivity contribution is 9.10. The topological polar surface area (TPSA) is 65.0 Å². The molecule has 1 rings (SSSR count). The van der Waals surface area contributed by atoms with Crippen molar-refractivity contribution in [2.24, 2.45) is 0 Å². The molecule has 1 atom stereocenters. The first-order chi connectivity index (χ1) is 9.54. The minimum Gasteiger partial charge on any atom is -0.490 e. The predicted molar refractivity (Wildman–Crippen MR) is 78.3 cm³/mol. The highest BCUT2D eigenvalue weighted by Gasteiger charge is 2.11. The van der Waals surface area contributed by atoms with Gasteiger partial charge in [0.15, 0.2) is 5.78 Å². The molecule has 0 radical (unpaired) electrons. The van der Waals surface area contributed by atoms with Gasteiger partial charge in [0, 0.05) is 11.6 Å². The van der Waals surface area contributed by atoms with Gasteiger partial charge in [0.05, 0.1) is 25.4 Å². The Morgan fingerprint density at radius 1 is 1.35 bits per heavy atom. The Labute approximate surface area is 127 Å². The van der Waals surface area contributed by atoms with Crippen molar-refractivity contribution in [1.29, 1.82) is 0 Å². The zero-order valence-electron chi connectivity index (χ0n) is 11.6. The van der Waals surface area contributed by atoms with Gasteiger partial charge in [-0.2, -0.15) is 0 Å². The van der Waals surface area contributed by atoms with Crippen LogP contribution in [0.1, 0.15) is 17.3 Å². The fraction of sp³-hybridized carbons (Fsp3) is 0.500. The largest absolute Gasteiger partial charge is 0.490 e. The van der Waals surface area contributed by atoms with E-state index in [1.807, 2.05) is 0 Å². The van der Waals surface area contributed by atoms with Gasteiger partial charge in [0.1, 0.15) is 18.5 Å². The van der Waals surface area contributed by atoms with E-state index in [2.05, 4.69) is 15.9 Å². The molecule has 112 valence electrons. The molecular weight excluding hydrogens is 328 g/mol. The van der Waals surface area contributed by atoms with Crippen LogP contribution < -0.4 is 4.74 Å². The molecular formula is C14H19BrO5. The van der Waals surface area contributed by atoms with Crippen molar-refractivity contribution in [2.75, 3.05) is 33.5 Å². The maximum atomic E-state index is 11.5. The van der Waals surface area contributed by atoms with Gasteiger partial charge in [-0.15, -0.1) is 0 Å². The third-order valence-electron chi connectivity index (χ3n) is 2.50. The lowest BCUT2D eigenvalue weighted by Crippen LogP contribution is -2.24.